The second kappa shape index (κ2) is 9.13. The van der Waals surface area contributed by atoms with Crippen molar-refractivity contribution < 1.29 is 23.5 Å². The molecule has 1 aromatic carbocycles. The summed E-state index contributed by atoms with van der Waals surface area (Å²) in [4.78, 5) is 26.4. The molecule has 0 atom stereocenters. The summed E-state index contributed by atoms with van der Waals surface area (Å²) in [5, 5.41) is 12.0. The highest BCUT2D eigenvalue weighted by Gasteiger charge is 2.24. The van der Waals surface area contributed by atoms with Gasteiger partial charge >= 0.3 is 5.97 Å². The normalized spacial score (nSPS) is 10.8. The van der Waals surface area contributed by atoms with Gasteiger partial charge in [0.2, 0.25) is 5.55 Å². The van der Waals surface area contributed by atoms with Crippen molar-refractivity contribution in [1.82, 2.24) is 0 Å². The van der Waals surface area contributed by atoms with E-state index >= 15 is 0 Å². The Morgan fingerprint density at radius 2 is 1.97 bits per heavy atom. The van der Waals surface area contributed by atoms with E-state index in [-0.39, 0.29) is 17.7 Å². The molecule has 0 radical (unpaired) electrons. The molecule has 2 N–H and O–H groups in total. The number of amides is 1. The van der Waals surface area contributed by atoms with Gasteiger partial charge in [-0.2, -0.15) is 0 Å². The smallest absolute Gasteiger partial charge is 0.341 e. The van der Waals surface area contributed by atoms with E-state index in [9.17, 15) is 9.59 Å². The van der Waals surface area contributed by atoms with E-state index in [1.807, 2.05) is 20.8 Å². The number of aryl methyl sites for hydroxylation is 1. The number of rotatable bonds is 7. The van der Waals surface area contributed by atoms with E-state index in [1.54, 1.807) is 31.2 Å². The van der Waals surface area contributed by atoms with Crippen LogP contribution in [0.3, 0.4) is 0 Å². The summed E-state index contributed by atoms with van der Waals surface area (Å²) in [5.41, 5.74) is 1.42. The van der Waals surface area contributed by atoms with Crippen LogP contribution < -0.4 is 15.6 Å². The molecule has 0 spiro atoms. The van der Waals surface area contributed by atoms with E-state index in [4.69, 9.17) is 19.3 Å². The molecule has 8 heteroatoms. The first kappa shape index (κ1) is 21.6. The fourth-order valence-electron chi connectivity index (χ4n) is 3.25. The second-order valence-corrected chi connectivity index (χ2v) is 7.69. The van der Waals surface area contributed by atoms with Gasteiger partial charge in [0, 0.05) is 10.3 Å². The number of ether oxygens (including phenoxy) is 2. The summed E-state index contributed by atoms with van der Waals surface area (Å²) in [5.74, 6) is -0.479. The highest BCUT2D eigenvalue weighted by molar-refractivity contribution is 7.16. The van der Waals surface area contributed by atoms with Crippen LogP contribution in [0.25, 0.3) is 11.0 Å². The number of fused-ring (bicyclic) bond motifs is 1. The summed E-state index contributed by atoms with van der Waals surface area (Å²) in [6, 6.07) is 6.92. The Morgan fingerprint density at radius 1 is 1.20 bits per heavy atom. The highest BCUT2D eigenvalue weighted by Crippen LogP contribution is 2.34. The Balaban J connectivity index is 2.01. The lowest BCUT2D eigenvalue weighted by molar-refractivity contribution is 0.0527. The van der Waals surface area contributed by atoms with E-state index in [1.165, 1.54) is 11.3 Å². The van der Waals surface area contributed by atoms with Gasteiger partial charge in [0.15, 0.2) is 11.3 Å². The first-order chi connectivity index (χ1) is 14.4. The maximum absolute atomic E-state index is 13.0. The van der Waals surface area contributed by atoms with Crippen LogP contribution in [0.5, 0.6) is 5.75 Å². The second-order valence-electron chi connectivity index (χ2n) is 6.47. The van der Waals surface area contributed by atoms with Gasteiger partial charge in [-0.3, -0.25) is 10.2 Å². The van der Waals surface area contributed by atoms with Crippen LogP contribution in [0.4, 0.5) is 5.00 Å². The molecule has 158 valence electrons. The standard InChI is InChI=1S/C22H24N2O5S/c1-5-14-12(4)30-21(17(14)22(26)28-7-3)24-20(25)15-11-13-9-8-10-16(27-6-2)18(13)29-19(15)23/h8-11,23H,5-7H2,1-4H3,(H,24,25). The number of thiophene rings is 1. The van der Waals surface area contributed by atoms with Crippen molar-refractivity contribution in [3.8, 4) is 5.75 Å². The van der Waals surface area contributed by atoms with Crippen molar-refractivity contribution in [3.05, 3.63) is 51.4 Å². The summed E-state index contributed by atoms with van der Waals surface area (Å²) in [6.07, 6.45) is 0.640. The van der Waals surface area contributed by atoms with Crippen molar-refractivity contribution in [2.24, 2.45) is 0 Å². The quantitative estimate of drug-likeness (QED) is 0.533. The maximum atomic E-state index is 13.0. The lowest BCUT2D eigenvalue weighted by Crippen LogP contribution is -2.21. The Hall–Kier alpha value is -3.13. The number of hydrogen-bond donors (Lipinski definition) is 2. The molecule has 3 aromatic rings. The van der Waals surface area contributed by atoms with Gasteiger partial charge in [0.25, 0.3) is 5.91 Å². The molecule has 0 aliphatic carbocycles. The molecule has 0 saturated carbocycles. The summed E-state index contributed by atoms with van der Waals surface area (Å²) >= 11 is 1.32. The van der Waals surface area contributed by atoms with Crippen LogP contribution >= 0.6 is 11.3 Å². The number of esters is 1. The predicted molar refractivity (Wildman–Crippen MR) is 116 cm³/mol. The van der Waals surface area contributed by atoms with Gasteiger partial charge in [0.05, 0.1) is 18.8 Å². The van der Waals surface area contributed by atoms with Crippen molar-refractivity contribution in [2.45, 2.75) is 34.1 Å². The number of anilines is 1. The molecule has 7 nitrogen and oxygen atoms in total. The van der Waals surface area contributed by atoms with Gasteiger partial charge in [0.1, 0.15) is 10.6 Å². The fourth-order valence-corrected chi connectivity index (χ4v) is 4.38. The number of para-hydroxylation sites is 1. The molecule has 3 rings (SSSR count). The lowest BCUT2D eigenvalue weighted by Gasteiger charge is -2.10. The summed E-state index contributed by atoms with van der Waals surface area (Å²) in [6.45, 7) is 8.14. The Morgan fingerprint density at radius 3 is 2.63 bits per heavy atom. The third kappa shape index (κ3) is 4.09. The van der Waals surface area contributed by atoms with Crippen LogP contribution in [0.2, 0.25) is 0 Å². The van der Waals surface area contributed by atoms with Crippen LogP contribution in [0.1, 0.15) is 51.9 Å². The zero-order valence-electron chi connectivity index (χ0n) is 17.4. The van der Waals surface area contributed by atoms with E-state index in [0.29, 0.717) is 40.3 Å². The zero-order valence-corrected chi connectivity index (χ0v) is 18.2. The van der Waals surface area contributed by atoms with Gasteiger partial charge in [-0.1, -0.05) is 19.1 Å². The third-order valence-corrected chi connectivity index (χ3v) is 5.63. The van der Waals surface area contributed by atoms with Crippen LogP contribution in [0.15, 0.2) is 28.7 Å². The molecule has 0 fully saturated rings. The molecule has 2 heterocycles. The van der Waals surface area contributed by atoms with Gasteiger partial charge in [-0.05, 0) is 44.9 Å². The van der Waals surface area contributed by atoms with Gasteiger partial charge < -0.3 is 19.2 Å². The topological polar surface area (TPSA) is 102 Å². The van der Waals surface area contributed by atoms with Crippen molar-refractivity contribution in [1.29, 1.82) is 5.41 Å². The average molecular weight is 429 g/mol. The highest BCUT2D eigenvalue weighted by atomic mass is 32.1. The molecule has 0 aliphatic heterocycles. The van der Waals surface area contributed by atoms with Crippen LogP contribution in [0, 0.1) is 12.3 Å². The summed E-state index contributed by atoms with van der Waals surface area (Å²) < 4.78 is 16.3. The number of nitrogens with one attached hydrogen (secondary N) is 2. The van der Waals surface area contributed by atoms with Gasteiger partial charge in [-0.15, -0.1) is 11.3 Å². The fraction of sp³-hybridized carbons (Fsp3) is 0.318. The van der Waals surface area contributed by atoms with Gasteiger partial charge in [-0.25, -0.2) is 4.79 Å². The SMILES string of the molecule is CCOC(=O)c1c(NC(=O)c2cc3cccc(OCC)c3oc2=N)sc(C)c1CC. The molecular formula is C22H24N2O5S. The Labute approximate surface area is 178 Å². The predicted octanol–water partition coefficient (Wildman–Crippen LogP) is 4.67. The van der Waals surface area contributed by atoms with E-state index < -0.39 is 11.9 Å². The molecule has 0 saturated heterocycles. The molecule has 0 bridgehead atoms. The van der Waals surface area contributed by atoms with Crippen LogP contribution in [-0.2, 0) is 11.2 Å². The third-order valence-electron chi connectivity index (χ3n) is 4.57. The Kier molecular flexibility index (Phi) is 6.56. The average Bonchev–Trinajstić information content (AvgIpc) is 3.03. The molecule has 0 aliphatic rings. The summed E-state index contributed by atoms with van der Waals surface area (Å²) in [7, 11) is 0. The number of benzene rings is 1. The molecular weight excluding hydrogens is 404 g/mol. The van der Waals surface area contributed by atoms with E-state index in [0.717, 1.165) is 10.4 Å². The lowest BCUT2D eigenvalue weighted by atomic mass is 10.1. The Bertz CT molecular complexity index is 1160. The number of carbonyl (C=O) groups excluding carboxylic acids is 2. The molecule has 0 unspecified atom stereocenters. The zero-order chi connectivity index (χ0) is 21.8. The monoisotopic (exact) mass is 428 g/mol. The van der Waals surface area contributed by atoms with Crippen molar-refractivity contribution >= 4 is 39.2 Å². The van der Waals surface area contributed by atoms with E-state index in [2.05, 4.69) is 5.32 Å². The van der Waals surface area contributed by atoms with Crippen LogP contribution in [-0.4, -0.2) is 25.1 Å². The minimum absolute atomic E-state index is 0.0649. The molecule has 2 aromatic heterocycles. The number of hydrogen-bond acceptors (Lipinski definition) is 7. The molecule has 1 amide bonds. The minimum atomic E-state index is -0.526. The largest absolute Gasteiger partial charge is 0.490 e. The van der Waals surface area contributed by atoms with Crippen molar-refractivity contribution in [3.63, 3.8) is 0 Å². The molecule has 30 heavy (non-hydrogen) atoms. The first-order valence-corrected chi connectivity index (χ1v) is 10.6. The van der Waals surface area contributed by atoms with Crippen molar-refractivity contribution in [2.75, 3.05) is 18.5 Å². The maximum Gasteiger partial charge on any atom is 0.341 e. The number of carbonyl (C=O) groups is 2. The minimum Gasteiger partial charge on any atom is -0.490 e. The first-order valence-electron chi connectivity index (χ1n) is 9.76.